The van der Waals surface area contributed by atoms with Crippen LogP contribution < -0.4 is 18.9 Å². The molecule has 2 aromatic rings. The predicted octanol–water partition coefficient (Wildman–Crippen LogP) is 10.2. The zero-order chi connectivity index (χ0) is 27.3. The summed E-state index contributed by atoms with van der Waals surface area (Å²) < 4.78 is 25.7. The zero-order valence-corrected chi connectivity index (χ0v) is 27.6. The summed E-state index contributed by atoms with van der Waals surface area (Å²) in [6, 6.07) is 12.2. The van der Waals surface area contributed by atoms with Gasteiger partial charge in [-0.2, -0.15) is 0 Å². The van der Waals surface area contributed by atoms with Crippen LogP contribution in [0.5, 0.6) is 23.0 Å². The molecule has 0 aromatic heterocycles. The van der Waals surface area contributed by atoms with Crippen molar-refractivity contribution in [1.82, 2.24) is 0 Å². The Kier molecular flexibility index (Phi) is 18.8. The molecule has 0 aliphatic rings. The van der Waals surface area contributed by atoms with E-state index in [-0.39, 0.29) is 0 Å². The van der Waals surface area contributed by atoms with Gasteiger partial charge < -0.3 is 18.9 Å². The van der Waals surface area contributed by atoms with Crippen molar-refractivity contribution in [2.75, 3.05) is 36.3 Å². The molecule has 0 N–H and O–H groups in total. The second-order valence-electron chi connectivity index (χ2n) is 9.47. The maximum Gasteiger partial charge on any atom is 0.161 e. The highest BCUT2D eigenvalue weighted by Gasteiger charge is 2.07. The lowest BCUT2D eigenvalue weighted by Crippen LogP contribution is -2.00. The second kappa shape index (κ2) is 21.6. The Labute approximate surface area is 258 Å². The van der Waals surface area contributed by atoms with Crippen molar-refractivity contribution >= 4 is 57.3 Å². The van der Waals surface area contributed by atoms with Gasteiger partial charge in [-0.3, -0.25) is 0 Å². The number of hydrogen-bond donors (Lipinski definition) is 0. The fourth-order valence-corrected chi connectivity index (χ4v) is 5.26. The molecule has 6 heteroatoms. The molecule has 212 valence electrons. The third-order valence-electron chi connectivity index (χ3n) is 6.41. The monoisotopic (exact) mass is 748 g/mol. The van der Waals surface area contributed by atoms with Gasteiger partial charge >= 0.3 is 0 Å². The first-order valence-electron chi connectivity index (χ1n) is 14.1. The molecule has 0 aliphatic carbocycles. The molecule has 2 rings (SSSR count). The minimum Gasteiger partial charge on any atom is -0.493 e. The first-order chi connectivity index (χ1) is 18.7. The minimum absolute atomic E-state index is 0.727. The summed E-state index contributed by atoms with van der Waals surface area (Å²) in [6.45, 7) is 1.45. The van der Waals surface area contributed by atoms with Crippen LogP contribution in [-0.4, -0.2) is 36.3 Å². The van der Waals surface area contributed by atoms with Gasteiger partial charge in [-0.05, 0) is 69.9 Å². The van der Waals surface area contributed by atoms with E-state index < -0.39 is 0 Å². The number of methoxy groups -OCH3 is 2. The summed E-state index contributed by atoms with van der Waals surface area (Å²) in [5, 5.41) is 0. The molecule has 0 atom stereocenters. The predicted molar refractivity (Wildman–Crippen MR) is 179 cm³/mol. The normalized spacial score (nSPS) is 11.2. The van der Waals surface area contributed by atoms with Gasteiger partial charge in [-0.1, -0.05) is 121 Å². The van der Waals surface area contributed by atoms with E-state index in [0.29, 0.717) is 0 Å². The van der Waals surface area contributed by atoms with E-state index in [1.807, 2.05) is 24.3 Å². The number of benzene rings is 2. The van der Waals surface area contributed by atoms with Gasteiger partial charge in [0, 0.05) is 0 Å². The fourth-order valence-electron chi connectivity index (χ4n) is 4.18. The van der Waals surface area contributed by atoms with Crippen molar-refractivity contribution in [1.29, 1.82) is 0 Å². The maximum absolute atomic E-state index is 6.01. The average Bonchev–Trinajstić information content (AvgIpc) is 2.95. The highest BCUT2D eigenvalue weighted by atomic mass is 127. The van der Waals surface area contributed by atoms with Crippen molar-refractivity contribution in [3.05, 3.63) is 47.5 Å². The first-order valence-corrected chi connectivity index (χ1v) is 17.2. The van der Waals surface area contributed by atoms with Gasteiger partial charge in [0.25, 0.3) is 0 Å². The van der Waals surface area contributed by atoms with Crippen molar-refractivity contribution in [2.24, 2.45) is 0 Å². The lowest BCUT2D eigenvalue weighted by Gasteiger charge is -2.12. The molecule has 0 amide bonds. The summed E-state index contributed by atoms with van der Waals surface area (Å²) in [7, 11) is 3.39. The first kappa shape index (κ1) is 33.0. The number of alkyl halides is 2. The Bertz CT molecular complexity index is 843. The van der Waals surface area contributed by atoms with Gasteiger partial charge in [-0.25, -0.2) is 0 Å². The van der Waals surface area contributed by atoms with Crippen LogP contribution in [0.2, 0.25) is 0 Å². The number of ether oxygens (including phenoxy) is 4. The average molecular weight is 749 g/mol. The quantitative estimate of drug-likeness (QED) is 0.0520. The van der Waals surface area contributed by atoms with E-state index in [1.165, 1.54) is 73.1 Å². The molecular weight excluding hydrogens is 702 g/mol. The van der Waals surface area contributed by atoms with Crippen LogP contribution in [0.1, 0.15) is 88.2 Å². The molecule has 0 saturated carbocycles. The summed E-state index contributed by atoms with van der Waals surface area (Å²) >= 11 is 4.90. The van der Waals surface area contributed by atoms with E-state index in [4.69, 9.17) is 18.9 Å². The lowest BCUT2D eigenvalue weighted by atomic mass is 10.1. The number of rotatable bonds is 22. The SMILES string of the molecule is COc1cc(/C=C/c2ccc(OCCCCCCCCI)c(OC)c2)ccc1OCCCCCCCCI. The molecule has 0 saturated heterocycles. The van der Waals surface area contributed by atoms with E-state index in [0.717, 1.165) is 60.2 Å². The molecule has 4 nitrogen and oxygen atoms in total. The van der Waals surface area contributed by atoms with Gasteiger partial charge in [0.1, 0.15) is 0 Å². The molecule has 0 fully saturated rings. The van der Waals surface area contributed by atoms with E-state index in [1.54, 1.807) is 14.2 Å². The molecule has 0 bridgehead atoms. The zero-order valence-electron chi connectivity index (χ0n) is 23.3. The summed E-state index contributed by atoms with van der Waals surface area (Å²) in [6.07, 6.45) is 19.3. The smallest absolute Gasteiger partial charge is 0.161 e. The molecule has 38 heavy (non-hydrogen) atoms. The van der Waals surface area contributed by atoms with Crippen LogP contribution in [0.15, 0.2) is 36.4 Å². The maximum atomic E-state index is 6.01. The van der Waals surface area contributed by atoms with Crippen molar-refractivity contribution in [3.63, 3.8) is 0 Å². The van der Waals surface area contributed by atoms with Gasteiger partial charge in [0.2, 0.25) is 0 Å². The van der Waals surface area contributed by atoms with Gasteiger partial charge in [0.05, 0.1) is 27.4 Å². The van der Waals surface area contributed by atoms with Crippen LogP contribution in [0, 0.1) is 0 Å². The molecule has 0 heterocycles. The molecule has 0 spiro atoms. The summed E-state index contributed by atoms with van der Waals surface area (Å²) in [5.74, 6) is 3.14. The van der Waals surface area contributed by atoms with E-state index in [2.05, 4.69) is 69.5 Å². The Hall–Kier alpha value is -1.16. The number of halogens is 2. The highest BCUT2D eigenvalue weighted by molar-refractivity contribution is 14.1. The van der Waals surface area contributed by atoms with Crippen molar-refractivity contribution in [2.45, 2.75) is 77.0 Å². The van der Waals surface area contributed by atoms with Crippen LogP contribution in [0.25, 0.3) is 12.2 Å². The summed E-state index contributed by atoms with van der Waals surface area (Å²) in [4.78, 5) is 0. The van der Waals surface area contributed by atoms with Gasteiger partial charge in [0.15, 0.2) is 23.0 Å². The topological polar surface area (TPSA) is 36.9 Å². The van der Waals surface area contributed by atoms with Gasteiger partial charge in [-0.15, -0.1) is 0 Å². The second-order valence-corrected chi connectivity index (χ2v) is 11.6. The molecular formula is C32H46I2O4. The number of unbranched alkanes of at least 4 members (excludes halogenated alkanes) is 10. The van der Waals surface area contributed by atoms with E-state index in [9.17, 15) is 0 Å². The standard InChI is InChI=1S/C32H46I2O4/c1-35-31-25-27(17-19-29(31)37-23-13-9-5-3-7-11-21-33)15-16-28-18-20-30(32(26-28)36-2)38-24-14-10-6-4-8-12-22-34/h15-20,25-26H,3-14,21-24H2,1-2H3/b16-15+. The molecule has 0 unspecified atom stereocenters. The molecule has 2 aromatic carbocycles. The third kappa shape index (κ3) is 13.8. The Morgan fingerprint density at radius 3 is 1.24 bits per heavy atom. The van der Waals surface area contributed by atoms with Crippen LogP contribution >= 0.6 is 45.2 Å². The van der Waals surface area contributed by atoms with Crippen LogP contribution in [0.4, 0.5) is 0 Å². The van der Waals surface area contributed by atoms with E-state index >= 15 is 0 Å². The Morgan fingerprint density at radius 2 is 0.868 bits per heavy atom. The van der Waals surface area contributed by atoms with Crippen LogP contribution in [0.3, 0.4) is 0 Å². The van der Waals surface area contributed by atoms with Crippen molar-refractivity contribution < 1.29 is 18.9 Å². The summed E-state index contributed by atoms with van der Waals surface area (Å²) in [5.41, 5.74) is 2.12. The number of hydrogen-bond acceptors (Lipinski definition) is 4. The molecule has 0 radical (unpaired) electrons. The molecule has 0 aliphatic heterocycles. The third-order valence-corrected chi connectivity index (χ3v) is 7.94. The van der Waals surface area contributed by atoms with Crippen LogP contribution in [-0.2, 0) is 0 Å². The Balaban J connectivity index is 1.81. The minimum atomic E-state index is 0.727. The fraction of sp³-hybridized carbons (Fsp3) is 0.562. The van der Waals surface area contributed by atoms with Crippen molar-refractivity contribution in [3.8, 4) is 23.0 Å². The Morgan fingerprint density at radius 1 is 0.500 bits per heavy atom. The highest BCUT2D eigenvalue weighted by Crippen LogP contribution is 2.31. The lowest BCUT2D eigenvalue weighted by molar-refractivity contribution is 0.284. The largest absolute Gasteiger partial charge is 0.493 e.